The normalized spacial score (nSPS) is 10.2. The van der Waals surface area contributed by atoms with E-state index in [1.807, 2.05) is 0 Å². The molecule has 24 heavy (non-hydrogen) atoms. The summed E-state index contributed by atoms with van der Waals surface area (Å²) in [7, 11) is 0. The lowest BCUT2D eigenvalue weighted by atomic mass is 10.1. The molecule has 1 aromatic heterocycles. The molecule has 4 nitrogen and oxygen atoms in total. The van der Waals surface area contributed by atoms with Crippen LogP contribution in [0.5, 0.6) is 0 Å². The van der Waals surface area contributed by atoms with Crippen molar-refractivity contribution < 1.29 is 8.78 Å². The van der Waals surface area contributed by atoms with Gasteiger partial charge in [0, 0.05) is 17.3 Å². The third kappa shape index (κ3) is 3.36. The molecule has 0 amide bonds. The molecule has 0 aliphatic carbocycles. The smallest absolute Gasteiger partial charge is 0.131 e. The summed E-state index contributed by atoms with van der Waals surface area (Å²) in [6.07, 6.45) is 4.61. The van der Waals surface area contributed by atoms with E-state index in [0.29, 0.717) is 16.8 Å². The van der Waals surface area contributed by atoms with Crippen LogP contribution in [0.1, 0.15) is 11.1 Å². The molecule has 6 heteroatoms. The molecular weight excluding hydrogens is 310 g/mol. The average molecular weight is 322 g/mol. The van der Waals surface area contributed by atoms with Gasteiger partial charge in [0.15, 0.2) is 0 Å². The van der Waals surface area contributed by atoms with Crippen LogP contribution in [-0.2, 0) is 6.54 Å². The van der Waals surface area contributed by atoms with Gasteiger partial charge in [0.1, 0.15) is 18.0 Å². The molecule has 0 atom stereocenters. The molecule has 0 radical (unpaired) electrons. The third-order valence-corrected chi connectivity index (χ3v) is 3.51. The number of halogens is 2. The average Bonchev–Trinajstić information content (AvgIpc) is 2.62. The molecule has 0 unspecified atom stereocenters. The molecule has 0 aliphatic rings. The number of benzene rings is 2. The molecule has 0 N–H and O–H groups in total. The minimum absolute atomic E-state index is 0.172. The van der Waals surface area contributed by atoms with Crippen molar-refractivity contribution in [1.29, 1.82) is 5.26 Å². The highest BCUT2D eigenvalue weighted by Gasteiger charge is 2.14. The predicted molar refractivity (Wildman–Crippen MR) is 85.4 cm³/mol. The van der Waals surface area contributed by atoms with Gasteiger partial charge in [0.05, 0.1) is 36.3 Å². The van der Waals surface area contributed by atoms with Crippen LogP contribution in [-0.4, -0.2) is 9.97 Å². The van der Waals surface area contributed by atoms with Gasteiger partial charge >= 0.3 is 0 Å². The maximum absolute atomic E-state index is 14.0. The number of nitriles is 1. The van der Waals surface area contributed by atoms with E-state index in [1.54, 1.807) is 41.6 Å². The molecule has 3 rings (SSSR count). The number of anilines is 2. The number of nitrogens with zero attached hydrogens (tertiary/aromatic N) is 4. The van der Waals surface area contributed by atoms with Crippen molar-refractivity contribution in [2.75, 3.05) is 4.90 Å². The summed E-state index contributed by atoms with van der Waals surface area (Å²) >= 11 is 0. The highest BCUT2D eigenvalue weighted by atomic mass is 19.1. The largest absolute Gasteiger partial charge is 0.334 e. The maximum atomic E-state index is 14.0. The zero-order chi connectivity index (χ0) is 16.9. The summed E-state index contributed by atoms with van der Waals surface area (Å²) in [5, 5.41) is 8.91. The van der Waals surface area contributed by atoms with Gasteiger partial charge in [-0.05, 0) is 30.3 Å². The Morgan fingerprint density at radius 2 is 1.67 bits per heavy atom. The molecule has 0 aliphatic heterocycles. The van der Waals surface area contributed by atoms with Gasteiger partial charge in [-0.1, -0.05) is 6.07 Å². The fourth-order valence-corrected chi connectivity index (χ4v) is 2.30. The van der Waals surface area contributed by atoms with Crippen molar-refractivity contribution in [3.05, 3.63) is 83.9 Å². The van der Waals surface area contributed by atoms with Crippen LogP contribution in [0.3, 0.4) is 0 Å². The highest BCUT2D eigenvalue weighted by Crippen LogP contribution is 2.27. The van der Waals surface area contributed by atoms with Gasteiger partial charge in [-0.2, -0.15) is 5.26 Å². The van der Waals surface area contributed by atoms with Crippen LogP contribution in [0.2, 0.25) is 0 Å². The molecule has 0 bridgehead atoms. The molecule has 2 aromatic carbocycles. The number of hydrogen-bond donors (Lipinski definition) is 0. The first-order valence-corrected chi connectivity index (χ1v) is 7.14. The second-order valence-corrected chi connectivity index (χ2v) is 5.08. The zero-order valence-electron chi connectivity index (χ0n) is 12.5. The van der Waals surface area contributed by atoms with E-state index in [2.05, 4.69) is 16.0 Å². The molecule has 0 saturated carbocycles. The first kappa shape index (κ1) is 15.6. The van der Waals surface area contributed by atoms with Crippen molar-refractivity contribution in [3.8, 4) is 6.07 Å². The van der Waals surface area contributed by atoms with E-state index in [9.17, 15) is 8.78 Å². The predicted octanol–water partition coefficient (Wildman–Crippen LogP) is 3.96. The Morgan fingerprint density at radius 1 is 0.958 bits per heavy atom. The van der Waals surface area contributed by atoms with Gasteiger partial charge in [0.25, 0.3) is 0 Å². The third-order valence-electron chi connectivity index (χ3n) is 3.51. The van der Waals surface area contributed by atoms with Crippen LogP contribution in [0.4, 0.5) is 20.2 Å². The fraction of sp³-hybridized carbons (Fsp3) is 0.0556. The lowest BCUT2D eigenvalue weighted by Crippen LogP contribution is -2.17. The minimum atomic E-state index is -0.621. The SMILES string of the molecule is N#Cc1ccc(N(Cc2ccc(F)cc2F)c2cncnc2)cc1. The van der Waals surface area contributed by atoms with E-state index in [-0.39, 0.29) is 6.54 Å². The summed E-state index contributed by atoms with van der Waals surface area (Å²) in [6, 6.07) is 12.4. The Kier molecular flexibility index (Phi) is 4.43. The molecule has 118 valence electrons. The van der Waals surface area contributed by atoms with E-state index in [1.165, 1.54) is 18.5 Å². The topological polar surface area (TPSA) is 52.8 Å². The van der Waals surface area contributed by atoms with E-state index >= 15 is 0 Å². The molecule has 0 saturated heterocycles. The number of hydrogen-bond acceptors (Lipinski definition) is 4. The molecule has 0 spiro atoms. The van der Waals surface area contributed by atoms with Crippen LogP contribution < -0.4 is 4.90 Å². The Hall–Kier alpha value is -3.33. The van der Waals surface area contributed by atoms with Gasteiger partial charge in [0.2, 0.25) is 0 Å². The first-order chi connectivity index (χ1) is 11.7. The Bertz CT molecular complexity index is 874. The van der Waals surface area contributed by atoms with Crippen molar-refractivity contribution in [3.63, 3.8) is 0 Å². The summed E-state index contributed by atoms with van der Waals surface area (Å²) < 4.78 is 27.1. The van der Waals surface area contributed by atoms with Crippen molar-refractivity contribution in [2.45, 2.75) is 6.54 Å². The van der Waals surface area contributed by atoms with E-state index < -0.39 is 11.6 Å². The molecular formula is C18H12F2N4. The summed E-state index contributed by atoms with van der Waals surface area (Å²) in [5.74, 6) is -1.24. The fourth-order valence-electron chi connectivity index (χ4n) is 2.30. The number of aromatic nitrogens is 2. The van der Waals surface area contributed by atoms with Gasteiger partial charge < -0.3 is 4.90 Å². The zero-order valence-corrected chi connectivity index (χ0v) is 12.5. The highest BCUT2D eigenvalue weighted by molar-refractivity contribution is 5.62. The molecule has 3 aromatic rings. The first-order valence-electron chi connectivity index (χ1n) is 7.14. The van der Waals surface area contributed by atoms with Crippen LogP contribution in [0, 0.1) is 23.0 Å². The summed E-state index contributed by atoms with van der Waals surface area (Å²) in [6.45, 7) is 0.172. The van der Waals surface area contributed by atoms with Crippen molar-refractivity contribution in [2.24, 2.45) is 0 Å². The van der Waals surface area contributed by atoms with E-state index in [4.69, 9.17) is 5.26 Å². The van der Waals surface area contributed by atoms with Gasteiger partial charge in [-0.15, -0.1) is 0 Å². The monoisotopic (exact) mass is 322 g/mol. The Balaban J connectivity index is 2.00. The summed E-state index contributed by atoms with van der Waals surface area (Å²) in [5.41, 5.74) is 2.26. The molecule has 1 heterocycles. The molecule has 0 fully saturated rings. The lowest BCUT2D eigenvalue weighted by molar-refractivity contribution is 0.572. The Morgan fingerprint density at radius 3 is 2.29 bits per heavy atom. The number of rotatable bonds is 4. The second kappa shape index (κ2) is 6.84. The van der Waals surface area contributed by atoms with Crippen LogP contribution >= 0.6 is 0 Å². The van der Waals surface area contributed by atoms with Crippen LogP contribution in [0.25, 0.3) is 0 Å². The van der Waals surface area contributed by atoms with Crippen LogP contribution in [0.15, 0.2) is 61.2 Å². The standard InChI is InChI=1S/C18H12F2N4/c19-15-4-3-14(18(20)7-15)11-24(17-9-22-12-23-10-17)16-5-1-13(8-21)2-6-16/h1-7,9-10,12H,11H2. The lowest BCUT2D eigenvalue weighted by Gasteiger charge is -2.24. The van der Waals surface area contributed by atoms with Gasteiger partial charge in [-0.3, -0.25) is 0 Å². The van der Waals surface area contributed by atoms with Crippen molar-refractivity contribution >= 4 is 11.4 Å². The second-order valence-electron chi connectivity index (χ2n) is 5.08. The quantitative estimate of drug-likeness (QED) is 0.729. The minimum Gasteiger partial charge on any atom is -0.334 e. The Labute approximate surface area is 137 Å². The van der Waals surface area contributed by atoms with Crippen molar-refractivity contribution in [1.82, 2.24) is 9.97 Å². The van der Waals surface area contributed by atoms with Gasteiger partial charge in [-0.25, -0.2) is 18.7 Å². The summed E-state index contributed by atoms with van der Waals surface area (Å²) in [4.78, 5) is 9.76. The maximum Gasteiger partial charge on any atom is 0.131 e. The van der Waals surface area contributed by atoms with E-state index in [0.717, 1.165) is 11.8 Å².